The Morgan fingerprint density at radius 2 is 2.09 bits per heavy atom. The number of piperidine rings is 1. The van der Waals surface area contributed by atoms with Gasteiger partial charge < -0.3 is 14.2 Å². The topological polar surface area (TPSA) is 119 Å². The molecule has 1 unspecified atom stereocenters. The van der Waals surface area contributed by atoms with E-state index in [0.717, 1.165) is 0 Å². The maximum absolute atomic E-state index is 15.8. The predicted molar refractivity (Wildman–Crippen MR) is 109 cm³/mol. The molecule has 0 bridgehead atoms. The number of ketones is 2. The maximum atomic E-state index is 15.8. The first-order valence-corrected chi connectivity index (χ1v) is 10.6. The van der Waals surface area contributed by atoms with Gasteiger partial charge in [0.1, 0.15) is 5.41 Å². The third-order valence-corrected chi connectivity index (χ3v) is 6.76. The van der Waals surface area contributed by atoms with Gasteiger partial charge in [-0.2, -0.15) is 0 Å². The van der Waals surface area contributed by atoms with Crippen LogP contribution < -0.4 is 10.2 Å². The molecule has 0 aliphatic carbocycles. The molecule has 4 heterocycles. The van der Waals surface area contributed by atoms with Crippen molar-refractivity contribution in [3.8, 4) is 0 Å². The van der Waals surface area contributed by atoms with Crippen molar-refractivity contribution in [1.29, 1.82) is 0 Å². The minimum Gasteiger partial charge on any atom is -0.372 e. The van der Waals surface area contributed by atoms with Crippen molar-refractivity contribution in [1.82, 2.24) is 10.5 Å². The number of rotatable bonds is 2. The summed E-state index contributed by atoms with van der Waals surface area (Å²) in [4.78, 5) is 52.3. The molecule has 1 spiro atoms. The van der Waals surface area contributed by atoms with Gasteiger partial charge in [-0.05, 0) is 31.9 Å². The zero-order valence-corrected chi connectivity index (χ0v) is 17.9. The summed E-state index contributed by atoms with van der Waals surface area (Å²) in [7, 11) is 0. The Kier molecular flexibility index (Phi) is 4.49. The summed E-state index contributed by atoms with van der Waals surface area (Å²) in [6.07, 6.45) is -1.29. The van der Waals surface area contributed by atoms with Crippen molar-refractivity contribution in [2.24, 2.45) is 5.41 Å². The van der Waals surface area contributed by atoms with Crippen LogP contribution in [0.5, 0.6) is 0 Å². The number of aromatic nitrogens is 1. The molecule has 9 nitrogen and oxygen atoms in total. The molecular formula is C22H22FN3O6. The van der Waals surface area contributed by atoms with E-state index in [1.165, 1.54) is 0 Å². The molecule has 0 saturated carbocycles. The number of amides is 2. The van der Waals surface area contributed by atoms with Crippen LogP contribution in [-0.2, 0) is 25.5 Å². The molecule has 2 amide bonds. The molecule has 1 aromatic heterocycles. The number of anilines is 1. The average molecular weight is 443 g/mol. The molecule has 2 saturated heterocycles. The second-order valence-electron chi connectivity index (χ2n) is 8.76. The minimum atomic E-state index is -1.62. The van der Waals surface area contributed by atoms with Gasteiger partial charge in [-0.3, -0.25) is 24.5 Å². The van der Waals surface area contributed by atoms with E-state index in [-0.39, 0.29) is 53.6 Å². The van der Waals surface area contributed by atoms with Crippen LogP contribution in [0.3, 0.4) is 0 Å². The summed E-state index contributed by atoms with van der Waals surface area (Å²) in [5, 5.41) is 6.27. The van der Waals surface area contributed by atoms with Gasteiger partial charge in [0.15, 0.2) is 23.1 Å². The first kappa shape index (κ1) is 20.7. The fourth-order valence-electron chi connectivity index (χ4n) is 5.51. The molecule has 0 radical (unpaired) electrons. The number of hydrogen-bond donors (Lipinski definition) is 1. The highest BCUT2D eigenvalue weighted by Crippen LogP contribution is 2.50. The quantitative estimate of drug-likeness (QED) is 0.423. The number of nitrogens with one attached hydrogen (secondary N) is 1. The van der Waals surface area contributed by atoms with Crippen molar-refractivity contribution in [2.75, 3.05) is 11.4 Å². The van der Waals surface area contributed by atoms with Crippen LogP contribution in [-0.4, -0.2) is 53.3 Å². The van der Waals surface area contributed by atoms with Crippen LogP contribution in [0.4, 0.5) is 10.1 Å². The van der Waals surface area contributed by atoms with Crippen molar-refractivity contribution in [3.63, 3.8) is 0 Å². The number of morpholine rings is 1. The van der Waals surface area contributed by atoms with Crippen molar-refractivity contribution < 1.29 is 32.8 Å². The third-order valence-electron chi connectivity index (χ3n) is 6.76. The lowest BCUT2D eigenvalue weighted by atomic mass is 9.63. The molecule has 168 valence electrons. The summed E-state index contributed by atoms with van der Waals surface area (Å²) in [6.45, 7) is 5.45. The number of hydrogen-bond acceptors (Lipinski definition) is 8. The highest BCUT2D eigenvalue weighted by Gasteiger charge is 2.62. The van der Waals surface area contributed by atoms with Gasteiger partial charge in [-0.1, -0.05) is 12.1 Å². The van der Waals surface area contributed by atoms with Gasteiger partial charge in [0.25, 0.3) is 0 Å². The lowest BCUT2D eigenvalue weighted by Crippen LogP contribution is -2.72. The summed E-state index contributed by atoms with van der Waals surface area (Å²) in [5.74, 6) is -2.89. The first-order chi connectivity index (χ1) is 15.2. The van der Waals surface area contributed by atoms with E-state index in [1.54, 1.807) is 24.8 Å². The Labute approximate surface area is 182 Å². The maximum Gasteiger partial charge on any atom is 0.242 e. The number of imide groups is 1. The number of nitrogens with zero attached hydrogens (tertiary/aromatic N) is 2. The zero-order chi connectivity index (χ0) is 22.9. The van der Waals surface area contributed by atoms with E-state index in [4.69, 9.17) is 9.26 Å². The number of carbonyl (C=O) groups is 4. The Hall–Kier alpha value is -3.14. The van der Waals surface area contributed by atoms with E-state index in [0.29, 0.717) is 5.56 Å². The van der Waals surface area contributed by atoms with Gasteiger partial charge in [0.2, 0.25) is 17.4 Å². The fourth-order valence-corrected chi connectivity index (χ4v) is 5.51. The van der Waals surface area contributed by atoms with E-state index >= 15 is 4.39 Å². The fraction of sp³-hybridized carbons (Fsp3) is 0.500. The van der Waals surface area contributed by atoms with Crippen LogP contribution in [0, 0.1) is 11.2 Å². The standard InChI is InChI=1S/C22H22FN3O6/c1-4-13(27)17-12-5-11-7-22(14(28)6-15(29)24-21(22)30)20-10(3)31-9(2)8-26(20)18(11)16(23)19(12)32-25-17/h5,9-10,20H,4,6-8H2,1-3H3,(H,24,29,30)/t9-,10+,20-,22?/m1/s1. The van der Waals surface area contributed by atoms with E-state index in [9.17, 15) is 19.2 Å². The molecule has 10 heteroatoms. The zero-order valence-electron chi connectivity index (χ0n) is 17.9. The van der Waals surface area contributed by atoms with Gasteiger partial charge in [0.05, 0.1) is 35.7 Å². The molecule has 4 atom stereocenters. The Morgan fingerprint density at radius 3 is 2.78 bits per heavy atom. The second-order valence-corrected chi connectivity index (χ2v) is 8.76. The van der Waals surface area contributed by atoms with Gasteiger partial charge in [-0.15, -0.1) is 0 Å². The lowest BCUT2D eigenvalue weighted by molar-refractivity contribution is -0.158. The first-order valence-electron chi connectivity index (χ1n) is 10.6. The van der Waals surface area contributed by atoms with Gasteiger partial charge >= 0.3 is 0 Å². The van der Waals surface area contributed by atoms with Crippen LogP contribution in [0.15, 0.2) is 10.6 Å². The molecule has 5 rings (SSSR count). The number of Topliss-reactive ketones (excluding diaryl/α,β-unsaturated/α-hetero) is 2. The highest BCUT2D eigenvalue weighted by molar-refractivity contribution is 6.22. The van der Waals surface area contributed by atoms with Crippen molar-refractivity contribution in [3.05, 3.63) is 23.1 Å². The normalized spacial score (nSPS) is 29.8. The lowest BCUT2D eigenvalue weighted by Gasteiger charge is -2.55. The minimum absolute atomic E-state index is 0.0127. The number of carbonyl (C=O) groups excluding carboxylic acids is 4. The van der Waals surface area contributed by atoms with Crippen LogP contribution in [0.2, 0.25) is 0 Å². The summed E-state index contributed by atoms with van der Waals surface area (Å²) < 4.78 is 26.9. The number of halogens is 1. The molecule has 1 aromatic carbocycles. The second kappa shape index (κ2) is 6.93. The summed E-state index contributed by atoms with van der Waals surface area (Å²) >= 11 is 0. The Bertz CT molecular complexity index is 1180. The van der Waals surface area contributed by atoms with Crippen LogP contribution >= 0.6 is 0 Å². The molecule has 3 aliphatic rings. The molecule has 3 aliphatic heterocycles. The predicted octanol–water partition coefficient (Wildman–Crippen LogP) is 1.70. The molecule has 32 heavy (non-hydrogen) atoms. The third kappa shape index (κ3) is 2.62. The molecule has 2 aromatic rings. The molecular weight excluding hydrogens is 421 g/mol. The average Bonchev–Trinajstić information content (AvgIpc) is 3.14. The van der Waals surface area contributed by atoms with Crippen molar-refractivity contribution in [2.45, 2.75) is 58.3 Å². The summed E-state index contributed by atoms with van der Waals surface area (Å²) in [6, 6.07) is 0.769. The van der Waals surface area contributed by atoms with E-state index in [1.807, 2.05) is 6.92 Å². The SMILES string of the molecule is CCC(=O)c1noc2c(F)c3c(cc12)CC1(C(=O)CC(=O)NC1=O)[C@H]1[C@H](C)O[C@H](C)CN31. The number of fused-ring (bicyclic) bond motifs is 5. The van der Waals surface area contributed by atoms with E-state index < -0.39 is 47.4 Å². The molecule has 1 N–H and O–H groups in total. The largest absolute Gasteiger partial charge is 0.372 e. The smallest absolute Gasteiger partial charge is 0.242 e. The molecule has 2 fully saturated rings. The highest BCUT2D eigenvalue weighted by atomic mass is 19.1. The van der Waals surface area contributed by atoms with Gasteiger partial charge in [0, 0.05) is 13.0 Å². The van der Waals surface area contributed by atoms with Crippen molar-refractivity contribution >= 4 is 40.0 Å². The van der Waals surface area contributed by atoms with Crippen LogP contribution in [0.1, 0.15) is 49.7 Å². The van der Waals surface area contributed by atoms with Gasteiger partial charge in [-0.25, -0.2) is 4.39 Å². The number of benzene rings is 1. The summed E-state index contributed by atoms with van der Waals surface area (Å²) in [5.41, 5.74) is -1.15. The Balaban J connectivity index is 1.78. The Morgan fingerprint density at radius 1 is 1.34 bits per heavy atom. The number of ether oxygens (including phenoxy) is 1. The van der Waals surface area contributed by atoms with E-state index in [2.05, 4.69) is 10.5 Å². The van der Waals surface area contributed by atoms with Crippen LogP contribution in [0.25, 0.3) is 11.0 Å². The monoisotopic (exact) mass is 443 g/mol.